The average Bonchev–Trinajstić information content (AvgIpc) is 3.18. The molecule has 0 aliphatic carbocycles. The Morgan fingerprint density at radius 1 is 1.10 bits per heavy atom. The lowest BCUT2D eigenvalue weighted by Gasteiger charge is -2.19. The van der Waals surface area contributed by atoms with E-state index >= 15 is 0 Å². The summed E-state index contributed by atoms with van der Waals surface area (Å²) in [6.07, 6.45) is 1.16. The molecule has 1 aromatic heterocycles. The van der Waals surface area contributed by atoms with Crippen molar-refractivity contribution < 1.29 is 14.1 Å². The highest BCUT2D eigenvalue weighted by atomic mass is 16.6. The maximum Gasteiger partial charge on any atom is 0.407 e. The summed E-state index contributed by atoms with van der Waals surface area (Å²) in [5.41, 5.74) is 1.59. The number of aryl methyl sites for hydroxylation is 1. The minimum atomic E-state index is -0.503. The first kappa shape index (κ1) is 23.2. The maximum absolute atomic E-state index is 11.6. The zero-order chi connectivity index (χ0) is 22.0. The van der Waals surface area contributed by atoms with Gasteiger partial charge in [0.2, 0.25) is 0 Å². The summed E-state index contributed by atoms with van der Waals surface area (Å²) in [6, 6.07) is 8.07. The van der Waals surface area contributed by atoms with Crippen molar-refractivity contribution in [3.05, 3.63) is 35.7 Å². The normalized spacial score (nSPS) is 11.8. The van der Waals surface area contributed by atoms with Crippen molar-refractivity contribution >= 4 is 12.1 Å². The molecule has 164 valence electrons. The third kappa shape index (κ3) is 8.10. The minimum Gasteiger partial charge on any atom is -0.444 e. The number of hydrogen-bond donors (Lipinski definition) is 3. The van der Waals surface area contributed by atoms with E-state index in [1.807, 2.05) is 52.0 Å². The molecule has 0 radical (unpaired) electrons. The van der Waals surface area contributed by atoms with E-state index in [1.54, 1.807) is 7.05 Å². The van der Waals surface area contributed by atoms with Gasteiger partial charge < -0.3 is 25.2 Å². The summed E-state index contributed by atoms with van der Waals surface area (Å²) in [5.74, 6) is 1.93. The van der Waals surface area contributed by atoms with Crippen LogP contribution >= 0.6 is 0 Å². The molecule has 30 heavy (non-hydrogen) atoms. The SMILES string of the molecule is CCc1noc(-c2ccc(CCNC(=NC)NCCNC(=O)OC(C)(C)C)cc2)n1. The van der Waals surface area contributed by atoms with Crippen LogP contribution in [0.2, 0.25) is 0 Å². The van der Waals surface area contributed by atoms with Crippen molar-refractivity contribution in [3.63, 3.8) is 0 Å². The van der Waals surface area contributed by atoms with E-state index in [1.165, 1.54) is 5.56 Å². The first-order chi connectivity index (χ1) is 14.3. The number of hydrogen-bond acceptors (Lipinski definition) is 6. The van der Waals surface area contributed by atoms with Crippen LogP contribution in [0.1, 0.15) is 39.1 Å². The van der Waals surface area contributed by atoms with Crippen molar-refractivity contribution in [2.45, 2.75) is 46.1 Å². The zero-order valence-corrected chi connectivity index (χ0v) is 18.4. The molecule has 0 fully saturated rings. The van der Waals surface area contributed by atoms with Gasteiger partial charge in [0.25, 0.3) is 5.89 Å². The topological polar surface area (TPSA) is 114 Å². The van der Waals surface area contributed by atoms with Gasteiger partial charge in [-0.3, -0.25) is 4.99 Å². The second kappa shape index (κ2) is 11.2. The predicted octanol–water partition coefficient (Wildman–Crippen LogP) is 2.53. The fourth-order valence-electron chi connectivity index (χ4n) is 2.53. The molecule has 1 amide bonds. The highest BCUT2D eigenvalue weighted by molar-refractivity contribution is 5.79. The molecule has 3 N–H and O–H groups in total. The molecular formula is C21H32N6O3. The summed E-state index contributed by atoms with van der Waals surface area (Å²) >= 11 is 0. The minimum absolute atomic E-state index is 0.429. The Hall–Kier alpha value is -3.10. The molecular weight excluding hydrogens is 384 g/mol. The summed E-state index contributed by atoms with van der Waals surface area (Å²) in [7, 11) is 1.71. The first-order valence-electron chi connectivity index (χ1n) is 10.1. The third-order valence-electron chi connectivity index (χ3n) is 4.00. The number of carbonyl (C=O) groups excluding carboxylic acids is 1. The van der Waals surface area contributed by atoms with Crippen LogP contribution in [0.3, 0.4) is 0 Å². The van der Waals surface area contributed by atoms with E-state index in [2.05, 4.69) is 31.1 Å². The number of alkyl carbamates (subject to hydrolysis) is 1. The largest absolute Gasteiger partial charge is 0.444 e. The lowest BCUT2D eigenvalue weighted by atomic mass is 10.1. The molecule has 0 atom stereocenters. The number of aliphatic imine (C=N–C) groups is 1. The standard InChI is InChI=1S/C21H32N6O3/c1-6-17-26-18(30-27-17)16-9-7-15(8-10-16)11-12-23-19(22-5)24-13-14-25-20(28)29-21(2,3)4/h7-10H,6,11-14H2,1-5H3,(H,25,28)(H2,22,23,24). The van der Waals surface area contributed by atoms with Gasteiger partial charge in [-0.1, -0.05) is 24.2 Å². The van der Waals surface area contributed by atoms with Crippen LogP contribution in [0.5, 0.6) is 0 Å². The number of aromatic nitrogens is 2. The van der Waals surface area contributed by atoms with E-state index in [9.17, 15) is 4.79 Å². The van der Waals surface area contributed by atoms with Crippen molar-refractivity contribution in [1.29, 1.82) is 0 Å². The summed E-state index contributed by atoms with van der Waals surface area (Å²) in [6.45, 7) is 9.18. The number of nitrogens with one attached hydrogen (secondary N) is 3. The number of guanidine groups is 1. The van der Waals surface area contributed by atoms with E-state index < -0.39 is 11.7 Å². The molecule has 0 aliphatic heterocycles. The van der Waals surface area contributed by atoms with Crippen molar-refractivity contribution in [3.8, 4) is 11.5 Å². The Morgan fingerprint density at radius 2 is 1.77 bits per heavy atom. The smallest absolute Gasteiger partial charge is 0.407 e. The number of carbonyl (C=O) groups is 1. The lowest BCUT2D eigenvalue weighted by Crippen LogP contribution is -2.42. The van der Waals surface area contributed by atoms with Gasteiger partial charge in [0.15, 0.2) is 11.8 Å². The predicted molar refractivity (Wildman–Crippen MR) is 116 cm³/mol. The van der Waals surface area contributed by atoms with Crippen LogP contribution in [-0.4, -0.2) is 54.5 Å². The Bertz CT molecular complexity index is 824. The molecule has 2 aromatic rings. The van der Waals surface area contributed by atoms with Crippen LogP contribution in [0.15, 0.2) is 33.8 Å². The molecule has 9 heteroatoms. The van der Waals surface area contributed by atoms with Crippen LogP contribution in [0.25, 0.3) is 11.5 Å². The first-order valence-corrected chi connectivity index (χ1v) is 10.1. The Labute approximate surface area is 177 Å². The van der Waals surface area contributed by atoms with Gasteiger partial charge in [-0.25, -0.2) is 4.79 Å². The third-order valence-corrected chi connectivity index (χ3v) is 4.00. The van der Waals surface area contributed by atoms with Gasteiger partial charge >= 0.3 is 6.09 Å². The van der Waals surface area contributed by atoms with E-state index in [-0.39, 0.29) is 0 Å². The quantitative estimate of drug-likeness (QED) is 0.344. The van der Waals surface area contributed by atoms with E-state index in [4.69, 9.17) is 9.26 Å². The van der Waals surface area contributed by atoms with E-state index in [0.29, 0.717) is 30.8 Å². The lowest BCUT2D eigenvalue weighted by molar-refractivity contribution is 0.0529. The van der Waals surface area contributed by atoms with Gasteiger partial charge in [0.1, 0.15) is 5.60 Å². The number of nitrogens with zero attached hydrogens (tertiary/aromatic N) is 3. The zero-order valence-electron chi connectivity index (χ0n) is 18.4. The molecule has 9 nitrogen and oxygen atoms in total. The van der Waals surface area contributed by atoms with Crippen molar-refractivity contribution in [1.82, 2.24) is 26.1 Å². The maximum atomic E-state index is 11.6. The molecule has 0 saturated heterocycles. The van der Waals surface area contributed by atoms with Gasteiger partial charge in [-0.2, -0.15) is 4.98 Å². The molecule has 0 saturated carbocycles. The second-order valence-corrected chi connectivity index (χ2v) is 7.67. The Morgan fingerprint density at radius 3 is 2.37 bits per heavy atom. The van der Waals surface area contributed by atoms with Crippen LogP contribution in [-0.2, 0) is 17.6 Å². The van der Waals surface area contributed by atoms with Gasteiger partial charge in [-0.05, 0) is 44.9 Å². The molecule has 0 bridgehead atoms. The van der Waals surface area contributed by atoms with Gasteiger partial charge in [0.05, 0.1) is 0 Å². The van der Waals surface area contributed by atoms with Crippen LogP contribution in [0, 0.1) is 0 Å². The highest BCUT2D eigenvalue weighted by Crippen LogP contribution is 2.18. The number of rotatable bonds is 8. The average molecular weight is 417 g/mol. The fourth-order valence-corrected chi connectivity index (χ4v) is 2.53. The van der Waals surface area contributed by atoms with Crippen LogP contribution < -0.4 is 16.0 Å². The van der Waals surface area contributed by atoms with Gasteiger partial charge in [-0.15, -0.1) is 0 Å². The van der Waals surface area contributed by atoms with Crippen molar-refractivity contribution in [2.24, 2.45) is 4.99 Å². The molecule has 0 aliphatic rings. The Kier molecular flexibility index (Phi) is 8.64. The monoisotopic (exact) mass is 416 g/mol. The highest BCUT2D eigenvalue weighted by Gasteiger charge is 2.15. The summed E-state index contributed by atoms with van der Waals surface area (Å²) in [4.78, 5) is 20.1. The molecule has 1 aromatic carbocycles. The molecule has 0 unspecified atom stereocenters. The van der Waals surface area contributed by atoms with Crippen LogP contribution in [0.4, 0.5) is 4.79 Å². The molecule has 2 rings (SSSR count). The van der Waals surface area contributed by atoms with Crippen molar-refractivity contribution in [2.75, 3.05) is 26.7 Å². The fraction of sp³-hybridized carbons (Fsp3) is 0.524. The van der Waals surface area contributed by atoms with Gasteiger partial charge in [0, 0.05) is 38.7 Å². The molecule has 0 spiro atoms. The summed E-state index contributed by atoms with van der Waals surface area (Å²) < 4.78 is 10.5. The number of ether oxygens (including phenoxy) is 1. The number of amides is 1. The molecule has 1 heterocycles. The number of benzene rings is 1. The van der Waals surface area contributed by atoms with E-state index in [0.717, 1.165) is 24.9 Å². The second-order valence-electron chi connectivity index (χ2n) is 7.67. The Balaban J connectivity index is 1.68. The summed E-state index contributed by atoms with van der Waals surface area (Å²) in [5, 5.41) is 13.0.